The zero-order valence-electron chi connectivity index (χ0n) is 8.59. The van der Waals surface area contributed by atoms with Gasteiger partial charge in [0, 0.05) is 19.3 Å². The van der Waals surface area contributed by atoms with E-state index in [0.29, 0.717) is 0 Å². The van der Waals surface area contributed by atoms with Gasteiger partial charge in [-0.1, -0.05) is 0 Å². The van der Waals surface area contributed by atoms with Gasteiger partial charge in [0.1, 0.15) is 0 Å². The Morgan fingerprint density at radius 1 is 1.38 bits per heavy atom. The summed E-state index contributed by atoms with van der Waals surface area (Å²) >= 11 is 0. The van der Waals surface area contributed by atoms with Gasteiger partial charge in [-0.05, 0) is 38.3 Å². The van der Waals surface area contributed by atoms with Crippen molar-refractivity contribution in [2.45, 2.75) is 26.7 Å². The van der Waals surface area contributed by atoms with Crippen LogP contribution in [0.4, 0.5) is 5.69 Å². The Kier molecular flexibility index (Phi) is 1.98. The van der Waals surface area contributed by atoms with E-state index in [4.69, 9.17) is 0 Å². The van der Waals surface area contributed by atoms with Crippen molar-refractivity contribution in [3.63, 3.8) is 0 Å². The van der Waals surface area contributed by atoms with Gasteiger partial charge in [-0.25, -0.2) is 0 Å². The first-order chi connectivity index (χ1) is 6.18. The normalized spacial score (nSPS) is 15.8. The summed E-state index contributed by atoms with van der Waals surface area (Å²) < 4.78 is 0. The number of pyridine rings is 1. The largest absolute Gasteiger partial charge is 0.373 e. The summed E-state index contributed by atoms with van der Waals surface area (Å²) in [5, 5.41) is 0. The van der Waals surface area contributed by atoms with Gasteiger partial charge in [0.15, 0.2) is 0 Å². The number of nitrogens with zero attached hydrogens (tertiary/aromatic N) is 2. The summed E-state index contributed by atoms with van der Waals surface area (Å²) in [4.78, 5) is 6.93. The van der Waals surface area contributed by atoms with Crippen LogP contribution < -0.4 is 4.90 Å². The van der Waals surface area contributed by atoms with Crippen LogP contribution in [-0.4, -0.2) is 18.6 Å². The van der Waals surface area contributed by atoms with Crippen LogP contribution in [-0.2, 0) is 6.42 Å². The molecule has 0 atom stereocenters. The van der Waals surface area contributed by atoms with Crippen molar-refractivity contribution in [2.24, 2.45) is 0 Å². The molecule has 1 aliphatic heterocycles. The SMILES string of the molecule is Cc1cc2c(nc1C)CCCN2C. The highest BCUT2D eigenvalue weighted by molar-refractivity contribution is 5.54. The molecule has 2 heterocycles. The topological polar surface area (TPSA) is 16.1 Å². The number of rotatable bonds is 0. The third kappa shape index (κ3) is 1.41. The molecule has 70 valence electrons. The van der Waals surface area contributed by atoms with Crippen LogP contribution in [0.2, 0.25) is 0 Å². The molecule has 0 fully saturated rings. The van der Waals surface area contributed by atoms with Crippen LogP contribution in [0, 0.1) is 13.8 Å². The zero-order valence-corrected chi connectivity index (χ0v) is 8.59. The Hall–Kier alpha value is -1.05. The second-order valence-electron chi connectivity index (χ2n) is 3.88. The van der Waals surface area contributed by atoms with Crippen LogP contribution in [0.1, 0.15) is 23.4 Å². The first-order valence-corrected chi connectivity index (χ1v) is 4.87. The molecule has 0 amide bonds. The third-order valence-electron chi connectivity index (χ3n) is 2.84. The molecule has 1 aromatic rings. The minimum atomic E-state index is 1.14. The van der Waals surface area contributed by atoms with Crippen molar-refractivity contribution in [2.75, 3.05) is 18.5 Å². The van der Waals surface area contributed by atoms with Crippen LogP contribution >= 0.6 is 0 Å². The molecular formula is C11H16N2. The van der Waals surface area contributed by atoms with Crippen LogP contribution in [0.15, 0.2) is 6.07 Å². The molecule has 0 aliphatic carbocycles. The van der Waals surface area contributed by atoms with Gasteiger partial charge in [0.2, 0.25) is 0 Å². The molecular weight excluding hydrogens is 160 g/mol. The maximum atomic E-state index is 4.62. The predicted molar refractivity (Wildman–Crippen MR) is 55.3 cm³/mol. The molecule has 0 bridgehead atoms. The van der Waals surface area contributed by atoms with E-state index >= 15 is 0 Å². The quantitative estimate of drug-likeness (QED) is 0.601. The van der Waals surface area contributed by atoms with Gasteiger partial charge < -0.3 is 4.90 Å². The lowest BCUT2D eigenvalue weighted by Crippen LogP contribution is -2.25. The first kappa shape index (κ1) is 8.54. The van der Waals surface area contributed by atoms with Crippen molar-refractivity contribution >= 4 is 5.69 Å². The van der Waals surface area contributed by atoms with Gasteiger partial charge in [-0.3, -0.25) is 4.98 Å². The minimum absolute atomic E-state index is 1.14. The molecule has 0 aromatic carbocycles. The lowest BCUT2D eigenvalue weighted by atomic mass is 10.1. The molecule has 13 heavy (non-hydrogen) atoms. The van der Waals surface area contributed by atoms with Crippen molar-refractivity contribution in [1.29, 1.82) is 0 Å². The second kappa shape index (κ2) is 3.02. The van der Waals surface area contributed by atoms with Crippen molar-refractivity contribution in [1.82, 2.24) is 4.98 Å². The summed E-state index contributed by atoms with van der Waals surface area (Å²) in [7, 11) is 2.15. The molecule has 2 rings (SSSR count). The van der Waals surface area contributed by atoms with Crippen molar-refractivity contribution in [3.05, 3.63) is 23.0 Å². The van der Waals surface area contributed by atoms with E-state index in [-0.39, 0.29) is 0 Å². The fourth-order valence-electron chi connectivity index (χ4n) is 1.86. The smallest absolute Gasteiger partial charge is 0.0640 e. The molecule has 0 N–H and O–H groups in total. The Balaban J connectivity index is 2.52. The van der Waals surface area contributed by atoms with E-state index in [0.717, 1.165) is 13.0 Å². The Bertz CT molecular complexity index is 331. The van der Waals surface area contributed by atoms with Gasteiger partial charge in [-0.2, -0.15) is 0 Å². The maximum absolute atomic E-state index is 4.62. The predicted octanol–water partition coefficient (Wildman–Crippen LogP) is 2.08. The van der Waals surface area contributed by atoms with Gasteiger partial charge in [0.25, 0.3) is 0 Å². The van der Waals surface area contributed by atoms with Crippen LogP contribution in [0.25, 0.3) is 0 Å². The lowest BCUT2D eigenvalue weighted by Gasteiger charge is -2.27. The standard InChI is InChI=1S/C11H16N2/c1-8-7-11-10(12-9(8)2)5-4-6-13(11)3/h7H,4-6H2,1-3H3. The van der Waals surface area contributed by atoms with E-state index < -0.39 is 0 Å². The monoisotopic (exact) mass is 176 g/mol. The second-order valence-corrected chi connectivity index (χ2v) is 3.88. The fraction of sp³-hybridized carbons (Fsp3) is 0.545. The summed E-state index contributed by atoms with van der Waals surface area (Å²) in [5.74, 6) is 0. The van der Waals surface area contributed by atoms with Gasteiger partial charge >= 0.3 is 0 Å². The summed E-state index contributed by atoms with van der Waals surface area (Å²) in [6.07, 6.45) is 2.37. The highest BCUT2D eigenvalue weighted by Gasteiger charge is 2.15. The molecule has 1 aromatic heterocycles. The van der Waals surface area contributed by atoms with E-state index in [2.05, 4.69) is 36.8 Å². The number of hydrogen-bond donors (Lipinski definition) is 0. The molecule has 2 nitrogen and oxygen atoms in total. The highest BCUT2D eigenvalue weighted by Crippen LogP contribution is 2.25. The Morgan fingerprint density at radius 2 is 2.15 bits per heavy atom. The summed E-state index contributed by atoms with van der Waals surface area (Å²) in [6.45, 7) is 5.38. The van der Waals surface area contributed by atoms with Gasteiger partial charge in [0.05, 0.1) is 11.4 Å². The van der Waals surface area contributed by atoms with Crippen molar-refractivity contribution in [3.8, 4) is 0 Å². The zero-order chi connectivity index (χ0) is 9.42. The summed E-state index contributed by atoms with van der Waals surface area (Å²) in [5.41, 5.74) is 5.08. The molecule has 0 unspecified atom stereocenters. The molecule has 1 aliphatic rings. The van der Waals surface area contributed by atoms with E-state index in [1.165, 1.54) is 29.1 Å². The van der Waals surface area contributed by atoms with E-state index in [1.807, 2.05) is 0 Å². The molecule has 0 saturated heterocycles. The Morgan fingerprint density at radius 3 is 2.92 bits per heavy atom. The van der Waals surface area contributed by atoms with E-state index in [9.17, 15) is 0 Å². The van der Waals surface area contributed by atoms with Crippen LogP contribution in [0.5, 0.6) is 0 Å². The van der Waals surface area contributed by atoms with Crippen molar-refractivity contribution < 1.29 is 0 Å². The molecule has 0 radical (unpaired) electrons. The number of anilines is 1. The first-order valence-electron chi connectivity index (χ1n) is 4.87. The lowest BCUT2D eigenvalue weighted by molar-refractivity contribution is 0.720. The number of aromatic nitrogens is 1. The minimum Gasteiger partial charge on any atom is -0.373 e. The average Bonchev–Trinajstić information content (AvgIpc) is 2.09. The van der Waals surface area contributed by atoms with E-state index in [1.54, 1.807) is 0 Å². The highest BCUT2D eigenvalue weighted by atomic mass is 15.1. The maximum Gasteiger partial charge on any atom is 0.0640 e. The number of hydrogen-bond acceptors (Lipinski definition) is 2. The number of fused-ring (bicyclic) bond motifs is 1. The number of aryl methyl sites for hydroxylation is 3. The van der Waals surface area contributed by atoms with Crippen LogP contribution in [0.3, 0.4) is 0 Å². The fourth-order valence-corrected chi connectivity index (χ4v) is 1.86. The average molecular weight is 176 g/mol. The Labute approximate surface area is 79.6 Å². The molecule has 0 spiro atoms. The molecule has 0 saturated carbocycles. The summed E-state index contributed by atoms with van der Waals surface area (Å²) in [6, 6.07) is 2.26. The third-order valence-corrected chi connectivity index (χ3v) is 2.84. The van der Waals surface area contributed by atoms with Gasteiger partial charge in [-0.15, -0.1) is 0 Å². The molecule has 2 heteroatoms.